The number of esters is 1. The predicted octanol–water partition coefficient (Wildman–Crippen LogP) is -1.14. The number of carbonyl (C=O) groups excluding carboxylic acids is 1. The molecule has 102 valence electrons. The zero-order valence-electron chi connectivity index (χ0n) is 10.1. The predicted molar refractivity (Wildman–Crippen MR) is 60.9 cm³/mol. The molecular weight excluding hydrogens is 242 g/mol. The van der Waals surface area contributed by atoms with Gasteiger partial charge in [0, 0.05) is 11.4 Å². The van der Waals surface area contributed by atoms with Crippen LogP contribution >= 0.6 is 0 Å². The number of rotatable bonds is 5. The molecule has 0 aliphatic heterocycles. The number of hydrogen-bond donors (Lipinski definition) is 5. The number of aryl methyl sites for hydroxylation is 1. The van der Waals surface area contributed by atoms with Crippen LogP contribution in [0.1, 0.15) is 27.8 Å². The van der Waals surface area contributed by atoms with Crippen LogP contribution in [0.2, 0.25) is 0 Å². The Morgan fingerprint density at radius 1 is 1.44 bits per heavy atom. The molecule has 0 radical (unpaired) electrons. The van der Waals surface area contributed by atoms with Crippen LogP contribution in [0.5, 0.6) is 0 Å². The van der Waals surface area contributed by atoms with Crippen LogP contribution in [0.4, 0.5) is 0 Å². The van der Waals surface area contributed by atoms with E-state index < -0.39 is 30.9 Å². The maximum Gasteiger partial charge on any atom is 0.339 e. The summed E-state index contributed by atoms with van der Waals surface area (Å²) in [6.45, 7) is 0.930. The average Bonchev–Trinajstić information content (AvgIpc) is 2.77. The van der Waals surface area contributed by atoms with Crippen LogP contribution in [0.15, 0.2) is 6.07 Å². The van der Waals surface area contributed by atoms with Crippen molar-refractivity contribution < 1.29 is 30.0 Å². The van der Waals surface area contributed by atoms with Gasteiger partial charge in [0.05, 0.1) is 19.3 Å². The number of aliphatic hydroxyl groups is 4. The van der Waals surface area contributed by atoms with Gasteiger partial charge in [0.25, 0.3) is 0 Å². The van der Waals surface area contributed by atoms with Crippen LogP contribution in [0.3, 0.4) is 0 Å². The van der Waals surface area contributed by atoms with E-state index in [1.54, 1.807) is 6.92 Å². The van der Waals surface area contributed by atoms with Crippen LogP contribution in [0, 0.1) is 6.92 Å². The van der Waals surface area contributed by atoms with E-state index in [0.29, 0.717) is 5.69 Å². The molecule has 18 heavy (non-hydrogen) atoms. The van der Waals surface area contributed by atoms with Gasteiger partial charge in [0.1, 0.15) is 18.3 Å². The van der Waals surface area contributed by atoms with E-state index in [-0.39, 0.29) is 11.3 Å². The van der Waals surface area contributed by atoms with Crippen LogP contribution in [-0.4, -0.2) is 57.3 Å². The number of aliphatic hydroxyl groups excluding tert-OH is 4. The largest absolute Gasteiger partial charge is 0.465 e. The maximum absolute atomic E-state index is 11.4. The highest BCUT2D eigenvalue weighted by Gasteiger charge is 2.28. The van der Waals surface area contributed by atoms with Crippen molar-refractivity contribution in [3.63, 3.8) is 0 Å². The van der Waals surface area contributed by atoms with Crippen molar-refractivity contribution in [2.24, 2.45) is 0 Å². The summed E-state index contributed by atoms with van der Waals surface area (Å²) in [5.41, 5.74) is 0.867. The Balaban J connectivity index is 2.94. The lowest BCUT2D eigenvalue weighted by molar-refractivity contribution is -0.0788. The van der Waals surface area contributed by atoms with Gasteiger partial charge in [0.2, 0.25) is 0 Å². The van der Waals surface area contributed by atoms with Gasteiger partial charge >= 0.3 is 5.97 Å². The molecule has 1 aromatic heterocycles. The van der Waals surface area contributed by atoms with Gasteiger partial charge < -0.3 is 30.1 Å². The molecule has 0 bridgehead atoms. The number of nitrogens with one attached hydrogen (secondary N) is 1. The summed E-state index contributed by atoms with van der Waals surface area (Å²) in [4.78, 5) is 14.1. The molecule has 5 N–H and O–H groups in total. The van der Waals surface area contributed by atoms with Gasteiger partial charge in [-0.2, -0.15) is 0 Å². The number of hydrogen-bond acceptors (Lipinski definition) is 6. The summed E-state index contributed by atoms with van der Waals surface area (Å²) in [5, 5.41) is 37.2. The van der Waals surface area contributed by atoms with Crippen molar-refractivity contribution >= 4 is 5.97 Å². The van der Waals surface area contributed by atoms with Crippen molar-refractivity contribution in [3.8, 4) is 0 Å². The van der Waals surface area contributed by atoms with Crippen LogP contribution in [0.25, 0.3) is 0 Å². The summed E-state index contributed by atoms with van der Waals surface area (Å²) in [5.74, 6) is -0.570. The summed E-state index contributed by atoms with van der Waals surface area (Å²) < 4.78 is 4.55. The number of aromatic nitrogens is 1. The Labute approximate surface area is 104 Å². The molecule has 0 amide bonds. The SMILES string of the molecule is COC(=O)c1cc([C@@H](O)[C@H](O)[C@H](O)CO)[nH]c1C. The number of carbonyl (C=O) groups is 1. The van der Waals surface area contributed by atoms with E-state index >= 15 is 0 Å². The highest BCUT2D eigenvalue weighted by Crippen LogP contribution is 2.21. The first-order chi connectivity index (χ1) is 8.42. The first kappa shape index (κ1) is 14.7. The summed E-state index contributed by atoms with van der Waals surface area (Å²) in [7, 11) is 1.23. The second kappa shape index (κ2) is 5.96. The molecule has 7 heteroatoms. The molecule has 0 spiro atoms. The van der Waals surface area contributed by atoms with Crippen molar-refractivity contribution in [2.45, 2.75) is 25.2 Å². The molecule has 0 aromatic carbocycles. The quantitative estimate of drug-likeness (QED) is 0.426. The second-order valence-corrected chi connectivity index (χ2v) is 3.94. The van der Waals surface area contributed by atoms with Crippen LogP contribution < -0.4 is 0 Å². The van der Waals surface area contributed by atoms with E-state index in [4.69, 9.17) is 5.11 Å². The molecule has 0 saturated heterocycles. The number of H-pyrrole nitrogens is 1. The smallest absolute Gasteiger partial charge is 0.339 e. The minimum Gasteiger partial charge on any atom is -0.465 e. The van der Waals surface area contributed by atoms with Gasteiger partial charge in [0.15, 0.2) is 0 Å². The normalized spacial score (nSPS) is 16.1. The lowest BCUT2D eigenvalue weighted by Crippen LogP contribution is -2.34. The van der Waals surface area contributed by atoms with Crippen molar-refractivity contribution in [1.29, 1.82) is 0 Å². The monoisotopic (exact) mass is 259 g/mol. The molecule has 0 unspecified atom stereocenters. The summed E-state index contributed by atoms with van der Waals surface area (Å²) >= 11 is 0. The number of aromatic amines is 1. The standard InChI is InChI=1S/C11H17NO6/c1-5-6(11(17)18-2)3-7(12-5)9(15)10(16)8(14)4-13/h3,8-10,12-16H,4H2,1-2H3/t8-,9-,10-/m1/s1. The van der Waals surface area contributed by atoms with Gasteiger partial charge in [-0.25, -0.2) is 4.79 Å². The van der Waals surface area contributed by atoms with Crippen molar-refractivity contribution in [1.82, 2.24) is 4.98 Å². The molecule has 7 nitrogen and oxygen atoms in total. The molecule has 0 aliphatic carbocycles. The molecule has 0 aliphatic rings. The summed E-state index contributed by atoms with van der Waals surface area (Å²) in [6, 6.07) is 1.33. The first-order valence-corrected chi connectivity index (χ1v) is 5.35. The van der Waals surface area contributed by atoms with Crippen LogP contribution in [-0.2, 0) is 4.74 Å². The fraction of sp³-hybridized carbons (Fsp3) is 0.545. The average molecular weight is 259 g/mol. The van der Waals surface area contributed by atoms with E-state index in [2.05, 4.69) is 9.72 Å². The van der Waals surface area contributed by atoms with Gasteiger partial charge in [-0.1, -0.05) is 0 Å². The number of ether oxygens (including phenoxy) is 1. The fourth-order valence-electron chi connectivity index (χ4n) is 1.57. The second-order valence-electron chi connectivity index (χ2n) is 3.94. The van der Waals surface area contributed by atoms with E-state index in [0.717, 1.165) is 0 Å². The van der Waals surface area contributed by atoms with Gasteiger partial charge in [-0.05, 0) is 13.0 Å². The van der Waals surface area contributed by atoms with Gasteiger partial charge in [-0.3, -0.25) is 0 Å². The summed E-state index contributed by atoms with van der Waals surface area (Å²) in [6.07, 6.45) is -4.46. The Hall–Kier alpha value is -1.41. The lowest BCUT2D eigenvalue weighted by Gasteiger charge is -2.20. The first-order valence-electron chi connectivity index (χ1n) is 5.35. The van der Waals surface area contributed by atoms with E-state index in [9.17, 15) is 20.1 Å². The van der Waals surface area contributed by atoms with E-state index in [1.165, 1.54) is 13.2 Å². The Kier molecular flexibility index (Phi) is 4.85. The van der Waals surface area contributed by atoms with Crippen molar-refractivity contribution in [2.75, 3.05) is 13.7 Å². The highest BCUT2D eigenvalue weighted by atomic mass is 16.5. The Bertz CT molecular complexity index is 416. The minimum absolute atomic E-state index is 0.160. The van der Waals surface area contributed by atoms with Crippen molar-refractivity contribution in [3.05, 3.63) is 23.0 Å². The third-order valence-corrected chi connectivity index (χ3v) is 2.66. The third kappa shape index (κ3) is 2.88. The molecule has 1 rings (SSSR count). The zero-order chi connectivity index (χ0) is 13.9. The fourth-order valence-corrected chi connectivity index (χ4v) is 1.57. The Morgan fingerprint density at radius 3 is 2.56 bits per heavy atom. The van der Waals surface area contributed by atoms with E-state index in [1.807, 2.05) is 0 Å². The molecule has 0 saturated carbocycles. The molecule has 3 atom stereocenters. The highest BCUT2D eigenvalue weighted by molar-refractivity contribution is 5.90. The molecule has 1 heterocycles. The Morgan fingerprint density at radius 2 is 2.06 bits per heavy atom. The molecule has 0 fully saturated rings. The topological polar surface area (TPSA) is 123 Å². The third-order valence-electron chi connectivity index (χ3n) is 2.66. The lowest BCUT2D eigenvalue weighted by atomic mass is 10.1. The number of methoxy groups -OCH3 is 1. The molecular formula is C11H17NO6. The van der Waals surface area contributed by atoms with Gasteiger partial charge in [-0.15, -0.1) is 0 Å². The zero-order valence-corrected chi connectivity index (χ0v) is 10.1. The maximum atomic E-state index is 11.4. The minimum atomic E-state index is -1.56. The molecule has 1 aromatic rings.